The molecule has 0 radical (unpaired) electrons. The molecule has 3 aliphatic rings. The highest BCUT2D eigenvalue weighted by Crippen LogP contribution is 2.54. The third kappa shape index (κ3) is 2.36. The highest BCUT2D eigenvalue weighted by molar-refractivity contribution is 5.86. The number of fused-ring (bicyclic) bond motifs is 4. The summed E-state index contributed by atoms with van der Waals surface area (Å²) < 4.78 is 5.12. The number of rotatable bonds is 5. The number of carbonyl (C=O) groups excluding carboxylic acids is 1. The zero-order valence-electron chi connectivity index (χ0n) is 11.7. The largest absolute Gasteiger partial charge is 0.461 e. The molecule has 0 spiro atoms. The molecule has 3 aliphatic carbocycles. The number of hydrogen-bond acceptors (Lipinski definition) is 3. The van der Waals surface area contributed by atoms with Crippen LogP contribution in [0.15, 0.2) is 23.3 Å². The van der Waals surface area contributed by atoms with Gasteiger partial charge in [-0.05, 0) is 50.9 Å². The number of esters is 1. The Balaban J connectivity index is 1.44. The molecule has 2 saturated carbocycles. The zero-order valence-corrected chi connectivity index (χ0v) is 11.7. The van der Waals surface area contributed by atoms with Gasteiger partial charge in [0.05, 0.1) is 0 Å². The van der Waals surface area contributed by atoms with E-state index in [1.165, 1.54) is 32.1 Å². The fourth-order valence-corrected chi connectivity index (χ4v) is 4.13. The number of nitrogens with one attached hydrogen (secondary N) is 1. The lowest BCUT2D eigenvalue weighted by Gasteiger charge is -2.27. The van der Waals surface area contributed by atoms with Crippen LogP contribution in [-0.2, 0) is 9.53 Å². The zero-order chi connectivity index (χ0) is 13.4. The summed E-state index contributed by atoms with van der Waals surface area (Å²) >= 11 is 0. The normalized spacial score (nSPS) is 31.7. The van der Waals surface area contributed by atoms with Crippen molar-refractivity contribution in [3.63, 3.8) is 0 Å². The molecule has 3 rings (SSSR count). The summed E-state index contributed by atoms with van der Waals surface area (Å²) in [6, 6.07) is 0.616. The molecule has 0 aromatic rings. The van der Waals surface area contributed by atoms with Crippen LogP contribution in [0.3, 0.4) is 0 Å². The Labute approximate surface area is 115 Å². The van der Waals surface area contributed by atoms with Crippen LogP contribution in [0.5, 0.6) is 0 Å². The van der Waals surface area contributed by atoms with E-state index >= 15 is 0 Å². The SMILES string of the molecule is C=C(C)C(=O)OCCNC1CC2=C3CCCC3C1C2. The van der Waals surface area contributed by atoms with Gasteiger partial charge in [-0.15, -0.1) is 0 Å². The first-order valence-electron chi connectivity index (χ1n) is 7.43. The Morgan fingerprint density at radius 1 is 1.47 bits per heavy atom. The van der Waals surface area contributed by atoms with Gasteiger partial charge in [0.1, 0.15) is 6.61 Å². The summed E-state index contributed by atoms with van der Waals surface area (Å²) in [6.45, 7) is 6.47. The van der Waals surface area contributed by atoms with E-state index in [1.54, 1.807) is 18.1 Å². The van der Waals surface area contributed by atoms with Crippen LogP contribution in [0, 0.1) is 11.8 Å². The summed E-state index contributed by atoms with van der Waals surface area (Å²) in [7, 11) is 0. The summed E-state index contributed by atoms with van der Waals surface area (Å²) in [4.78, 5) is 11.3. The predicted molar refractivity (Wildman–Crippen MR) is 74.7 cm³/mol. The number of hydrogen-bond donors (Lipinski definition) is 1. The van der Waals surface area contributed by atoms with E-state index in [1.807, 2.05) is 0 Å². The van der Waals surface area contributed by atoms with E-state index in [-0.39, 0.29) is 5.97 Å². The van der Waals surface area contributed by atoms with Crippen molar-refractivity contribution in [2.75, 3.05) is 13.2 Å². The summed E-state index contributed by atoms with van der Waals surface area (Å²) in [5.41, 5.74) is 4.02. The first-order chi connectivity index (χ1) is 9.16. The standard InChI is InChI=1S/C16H23NO2/c1-10(2)16(18)19-7-6-17-15-9-11-8-14(15)13-5-3-4-12(11)13/h13-15,17H,1,3-9H2,2H3. The molecule has 0 aliphatic heterocycles. The maximum Gasteiger partial charge on any atom is 0.333 e. The molecule has 0 heterocycles. The number of ether oxygens (including phenoxy) is 1. The van der Waals surface area contributed by atoms with Gasteiger partial charge in [0.2, 0.25) is 0 Å². The average Bonchev–Trinajstić information content (AvgIpc) is 3.05. The smallest absolute Gasteiger partial charge is 0.333 e. The summed E-state index contributed by atoms with van der Waals surface area (Å²) in [5, 5.41) is 3.58. The second kappa shape index (κ2) is 5.12. The van der Waals surface area contributed by atoms with Crippen LogP contribution >= 0.6 is 0 Å². The van der Waals surface area contributed by atoms with Gasteiger partial charge in [0.15, 0.2) is 0 Å². The van der Waals surface area contributed by atoms with Crippen molar-refractivity contribution in [2.45, 2.75) is 45.1 Å². The highest BCUT2D eigenvalue weighted by atomic mass is 16.5. The Hall–Kier alpha value is -1.09. The van der Waals surface area contributed by atoms with Crippen LogP contribution in [-0.4, -0.2) is 25.2 Å². The quantitative estimate of drug-likeness (QED) is 0.358. The molecular weight excluding hydrogens is 238 g/mol. The fourth-order valence-electron chi connectivity index (χ4n) is 4.13. The van der Waals surface area contributed by atoms with Crippen molar-refractivity contribution < 1.29 is 9.53 Å². The van der Waals surface area contributed by atoms with Crippen LogP contribution in [0.4, 0.5) is 0 Å². The van der Waals surface area contributed by atoms with E-state index in [0.717, 1.165) is 18.4 Å². The van der Waals surface area contributed by atoms with Gasteiger partial charge in [0, 0.05) is 18.2 Å². The molecule has 0 saturated heterocycles. The second-order valence-electron chi connectivity index (χ2n) is 6.18. The van der Waals surface area contributed by atoms with E-state index in [4.69, 9.17) is 4.74 Å². The van der Waals surface area contributed by atoms with E-state index < -0.39 is 0 Å². The Morgan fingerprint density at radius 2 is 2.32 bits per heavy atom. The Morgan fingerprint density at radius 3 is 3.11 bits per heavy atom. The van der Waals surface area contributed by atoms with Crippen LogP contribution in [0.25, 0.3) is 0 Å². The van der Waals surface area contributed by atoms with Gasteiger partial charge in [0.25, 0.3) is 0 Å². The third-order valence-corrected chi connectivity index (χ3v) is 4.94. The third-order valence-electron chi connectivity index (χ3n) is 4.94. The van der Waals surface area contributed by atoms with Gasteiger partial charge in [-0.25, -0.2) is 4.79 Å². The van der Waals surface area contributed by atoms with Gasteiger partial charge in [-0.1, -0.05) is 17.7 Å². The first kappa shape index (κ1) is 12.9. The van der Waals surface area contributed by atoms with E-state index in [0.29, 0.717) is 18.2 Å². The van der Waals surface area contributed by atoms with Gasteiger partial charge < -0.3 is 10.1 Å². The average molecular weight is 261 g/mol. The molecule has 1 N–H and O–H groups in total. The number of carbonyl (C=O) groups is 1. The van der Waals surface area contributed by atoms with Crippen molar-refractivity contribution >= 4 is 5.97 Å². The van der Waals surface area contributed by atoms with Crippen LogP contribution < -0.4 is 5.32 Å². The lowest BCUT2D eigenvalue weighted by Crippen LogP contribution is -2.38. The molecule has 19 heavy (non-hydrogen) atoms. The molecule has 0 amide bonds. The van der Waals surface area contributed by atoms with E-state index in [9.17, 15) is 4.79 Å². The lowest BCUT2D eigenvalue weighted by molar-refractivity contribution is -0.138. The Bertz CT molecular complexity index is 438. The minimum Gasteiger partial charge on any atom is -0.461 e. The van der Waals surface area contributed by atoms with Gasteiger partial charge in [-0.2, -0.15) is 0 Å². The van der Waals surface area contributed by atoms with Gasteiger partial charge in [-0.3, -0.25) is 0 Å². The molecule has 3 nitrogen and oxygen atoms in total. The highest BCUT2D eigenvalue weighted by Gasteiger charge is 2.46. The molecule has 2 fully saturated rings. The number of allylic oxidation sites excluding steroid dienone is 1. The van der Waals surface area contributed by atoms with Crippen molar-refractivity contribution in [1.29, 1.82) is 0 Å². The van der Waals surface area contributed by atoms with Crippen molar-refractivity contribution in [1.82, 2.24) is 5.32 Å². The molecule has 2 bridgehead atoms. The molecule has 104 valence electrons. The van der Waals surface area contributed by atoms with Crippen LogP contribution in [0.2, 0.25) is 0 Å². The minimum absolute atomic E-state index is 0.282. The van der Waals surface area contributed by atoms with Gasteiger partial charge >= 0.3 is 5.97 Å². The summed E-state index contributed by atoms with van der Waals surface area (Å²) in [6.07, 6.45) is 6.70. The van der Waals surface area contributed by atoms with Crippen LogP contribution in [0.1, 0.15) is 39.0 Å². The van der Waals surface area contributed by atoms with Crippen molar-refractivity contribution in [3.05, 3.63) is 23.3 Å². The topological polar surface area (TPSA) is 38.3 Å². The van der Waals surface area contributed by atoms with Crippen molar-refractivity contribution in [3.8, 4) is 0 Å². The Kier molecular flexibility index (Phi) is 3.48. The minimum atomic E-state index is -0.282. The molecule has 3 heteroatoms. The first-order valence-corrected chi connectivity index (χ1v) is 7.43. The molecule has 0 aromatic carbocycles. The monoisotopic (exact) mass is 261 g/mol. The maximum atomic E-state index is 11.3. The maximum absolute atomic E-state index is 11.3. The van der Waals surface area contributed by atoms with E-state index in [2.05, 4.69) is 11.9 Å². The lowest BCUT2D eigenvalue weighted by atomic mass is 9.85. The fraction of sp³-hybridized carbons (Fsp3) is 0.688. The predicted octanol–water partition coefficient (Wildman–Crippen LogP) is 2.58. The molecule has 3 atom stereocenters. The second-order valence-corrected chi connectivity index (χ2v) is 6.18. The molecule has 3 unspecified atom stereocenters. The molecular formula is C16H23NO2. The van der Waals surface area contributed by atoms with Crippen molar-refractivity contribution in [2.24, 2.45) is 11.8 Å². The summed E-state index contributed by atoms with van der Waals surface area (Å²) in [5.74, 6) is 1.42. The molecule has 0 aromatic heterocycles.